The Labute approximate surface area is 165 Å². The molecule has 0 saturated carbocycles. The van der Waals surface area contributed by atoms with Gasteiger partial charge in [-0.25, -0.2) is 0 Å². The molecule has 0 spiro atoms. The van der Waals surface area contributed by atoms with Crippen molar-refractivity contribution in [2.75, 3.05) is 0 Å². The molecular weight excluding hydrogens is 399 g/mol. The second kappa shape index (κ2) is 36.9. The van der Waals surface area contributed by atoms with Gasteiger partial charge in [0.2, 0.25) is 0 Å². The van der Waals surface area contributed by atoms with Crippen LogP contribution in [0.5, 0.6) is 0 Å². The first-order chi connectivity index (χ1) is 4.00. The van der Waals surface area contributed by atoms with Gasteiger partial charge in [0.05, 0.1) is 0 Å². The van der Waals surface area contributed by atoms with E-state index < -0.39 is 20.8 Å². The molecule has 14 nitrogen and oxygen atoms in total. The average Bonchev–Trinajstić information content (AvgIpc) is 1.12. The molecule has 0 aliphatic carbocycles. The van der Waals surface area contributed by atoms with E-state index in [9.17, 15) is 0 Å². The van der Waals surface area contributed by atoms with E-state index in [0.717, 1.165) is 0 Å². The predicted molar refractivity (Wildman–Crippen MR) is 42.6 cm³/mol. The largest absolute Gasteiger partial charge is 2.00 e. The summed E-state index contributed by atoms with van der Waals surface area (Å²) in [6.07, 6.45) is 0. The van der Waals surface area contributed by atoms with Gasteiger partial charge >= 0.3 is 78.6 Å². The molecule has 0 fully saturated rings. The molecule has 0 rings (SSSR count). The zero-order chi connectivity index (χ0) is 9.00. The fourth-order valence-corrected chi connectivity index (χ4v) is 0. The smallest absolute Gasteiger partial charge is 0.759 e. The minimum Gasteiger partial charge on any atom is -0.759 e. The molecule has 19 heteroatoms. The van der Waals surface area contributed by atoms with Crippen molar-refractivity contribution in [3.05, 3.63) is 0 Å². The Kier molecular flexibility index (Phi) is 162. The second-order valence-corrected chi connectivity index (χ2v) is 2.45. The van der Waals surface area contributed by atoms with Crippen LogP contribution in [0.1, 0.15) is 0 Å². The molecule has 19 heavy (non-hydrogen) atoms. The van der Waals surface area contributed by atoms with Crippen molar-refractivity contribution in [1.29, 1.82) is 0 Å². The molecule has 0 radical (unpaired) electrons. The van der Waals surface area contributed by atoms with E-state index in [1.54, 1.807) is 0 Å². The van der Waals surface area contributed by atoms with Gasteiger partial charge < -0.3 is 51.1 Å². The molecule has 0 bridgehead atoms. The molecule has 12 N–H and O–H groups in total. The molecule has 0 aliphatic heterocycles. The van der Waals surface area contributed by atoms with Crippen molar-refractivity contribution in [2.24, 2.45) is 0 Å². The van der Waals surface area contributed by atoms with Gasteiger partial charge in [-0.1, -0.05) is 0 Å². The molecule has 0 aliphatic rings. The van der Waals surface area contributed by atoms with Gasteiger partial charge in [0.25, 0.3) is 0 Å². The van der Waals surface area contributed by atoms with Crippen LogP contribution >= 0.6 is 0 Å². The molecule has 0 amide bonds. The van der Waals surface area contributed by atoms with Crippen molar-refractivity contribution in [1.82, 2.24) is 0 Å². The standard InChI is InChI=1S/2Na.2H2O4S.6H2O.Zn/c;;2*1-5(2,3)4;;;;;;;/h;;2*(H2,1,2,3,4);6*1H2;/q2*+1;;;;;;;;;+2/p-4. The zero-order valence-electron chi connectivity index (χ0n) is 9.79. The molecule has 0 heterocycles. The SMILES string of the molecule is O.O.O.O.O.O.O=S(=O)([O-])[O-].O=S(=O)([O-])[O-].[Na+].[Na+].[Zn+2]. The van der Waals surface area contributed by atoms with Gasteiger partial charge in [-0.05, 0) is 0 Å². The van der Waals surface area contributed by atoms with Crippen LogP contribution in [0.25, 0.3) is 0 Å². The van der Waals surface area contributed by atoms with E-state index in [4.69, 9.17) is 35.0 Å². The third-order valence-corrected chi connectivity index (χ3v) is 0. The summed E-state index contributed by atoms with van der Waals surface area (Å²) in [5.74, 6) is 0. The Morgan fingerprint density at radius 1 is 0.474 bits per heavy atom. The molecule has 0 atom stereocenters. The van der Waals surface area contributed by atoms with Gasteiger partial charge in [0.1, 0.15) is 0 Å². The Morgan fingerprint density at radius 2 is 0.474 bits per heavy atom. The van der Waals surface area contributed by atoms with Gasteiger partial charge in [-0.15, -0.1) is 0 Å². The molecule has 0 aromatic carbocycles. The third kappa shape index (κ3) is 1470. The summed E-state index contributed by atoms with van der Waals surface area (Å²) in [4.78, 5) is 0. The van der Waals surface area contributed by atoms with Crippen LogP contribution in [0.2, 0.25) is 0 Å². The molecule has 0 unspecified atom stereocenters. The normalized spacial score (nSPS) is 6.11. The summed E-state index contributed by atoms with van der Waals surface area (Å²) >= 11 is 0. The van der Waals surface area contributed by atoms with Gasteiger partial charge in [-0.3, -0.25) is 16.8 Å². The molecule has 0 aromatic heterocycles. The summed E-state index contributed by atoms with van der Waals surface area (Å²) in [5.41, 5.74) is 0. The molecular formula is H12Na2O14S2Zn. The Bertz CT molecular complexity index is 220. The van der Waals surface area contributed by atoms with Crippen molar-refractivity contribution < 1.29 is 146 Å². The summed E-state index contributed by atoms with van der Waals surface area (Å²) < 4.78 is 68.2. The topological polar surface area (TPSA) is 350 Å². The maximum atomic E-state index is 8.52. The fraction of sp³-hybridized carbons (Fsp3) is 0. The zero-order valence-corrected chi connectivity index (χ0v) is 18.4. The van der Waals surface area contributed by atoms with Crippen LogP contribution in [-0.2, 0) is 40.3 Å². The van der Waals surface area contributed by atoms with Crippen molar-refractivity contribution in [3.8, 4) is 0 Å². The predicted octanol–water partition coefficient (Wildman–Crippen LogP) is -13.6. The number of rotatable bonds is 0. The van der Waals surface area contributed by atoms with Gasteiger partial charge in [-0.2, -0.15) is 0 Å². The minimum absolute atomic E-state index is 0. The van der Waals surface area contributed by atoms with E-state index in [1.807, 2.05) is 0 Å². The Morgan fingerprint density at radius 3 is 0.474 bits per heavy atom. The summed E-state index contributed by atoms with van der Waals surface area (Å²) in [5, 5.41) is 0. The molecule has 0 aromatic rings. The maximum Gasteiger partial charge on any atom is 2.00 e. The van der Waals surface area contributed by atoms with E-state index in [2.05, 4.69) is 0 Å². The van der Waals surface area contributed by atoms with Gasteiger partial charge in [0, 0.05) is 20.8 Å². The summed E-state index contributed by atoms with van der Waals surface area (Å²) in [7, 11) is -10.3. The number of hydrogen-bond donors (Lipinski definition) is 0. The summed E-state index contributed by atoms with van der Waals surface area (Å²) in [6, 6.07) is 0. The number of hydrogen-bond acceptors (Lipinski definition) is 8. The summed E-state index contributed by atoms with van der Waals surface area (Å²) in [6.45, 7) is 0. The molecule has 0 saturated heterocycles. The maximum absolute atomic E-state index is 8.52. The van der Waals surface area contributed by atoms with Crippen LogP contribution in [0.4, 0.5) is 0 Å². The first-order valence-electron chi connectivity index (χ1n) is 1.33. The second-order valence-electron chi connectivity index (χ2n) is 0.816. The van der Waals surface area contributed by atoms with Crippen molar-refractivity contribution in [2.45, 2.75) is 0 Å². The van der Waals surface area contributed by atoms with E-state index in [-0.39, 0.29) is 111 Å². The van der Waals surface area contributed by atoms with E-state index in [1.165, 1.54) is 0 Å². The van der Waals surface area contributed by atoms with Crippen molar-refractivity contribution >= 4 is 20.8 Å². The van der Waals surface area contributed by atoms with Crippen LogP contribution in [-0.4, -0.2) is 67.9 Å². The quantitative estimate of drug-likeness (QED) is 0.208. The minimum atomic E-state index is -5.17. The first-order valence-corrected chi connectivity index (χ1v) is 4.00. The Balaban J connectivity index is -0.00000000508. The van der Waals surface area contributed by atoms with Crippen LogP contribution in [0.3, 0.4) is 0 Å². The fourth-order valence-electron chi connectivity index (χ4n) is 0. The first kappa shape index (κ1) is 83.5. The van der Waals surface area contributed by atoms with E-state index in [0.29, 0.717) is 0 Å². The van der Waals surface area contributed by atoms with Gasteiger partial charge in [0.15, 0.2) is 0 Å². The molecule has 112 valence electrons. The average molecular weight is 412 g/mol. The van der Waals surface area contributed by atoms with Crippen LogP contribution in [0.15, 0.2) is 0 Å². The van der Waals surface area contributed by atoms with Crippen LogP contribution < -0.4 is 59.1 Å². The monoisotopic (exact) mass is 410 g/mol. The van der Waals surface area contributed by atoms with Crippen LogP contribution in [0, 0.1) is 0 Å². The van der Waals surface area contributed by atoms with Crippen molar-refractivity contribution in [3.63, 3.8) is 0 Å². The van der Waals surface area contributed by atoms with E-state index >= 15 is 0 Å². The third-order valence-electron chi connectivity index (χ3n) is 0. The Hall–Kier alpha value is 2.12.